The lowest BCUT2D eigenvalue weighted by molar-refractivity contribution is -0.139. The highest BCUT2D eigenvalue weighted by Crippen LogP contribution is 2.11. The van der Waals surface area contributed by atoms with Gasteiger partial charge in [0, 0.05) is 0 Å². The van der Waals surface area contributed by atoms with Crippen molar-refractivity contribution in [3.05, 3.63) is 35.4 Å². The Morgan fingerprint density at radius 1 is 1.43 bits per heavy atom. The number of carbonyl (C=O) groups is 1. The predicted molar refractivity (Wildman–Crippen MR) is 77.8 cm³/mol. The van der Waals surface area contributed by atoms with E-state index in [0.29, 0.717) is 11.1 Å². The molecular weight excluding hydrogens is 292 g/mol. The fourth-order valence-electron chi connectivity index (χ4n) is 1.88. The fourth-order valence-corrected chi connectivity index (χ4v) is 3.21. The van der Waals surface area contributed by atoms with Gasteiger partial charge in [-0.1, -0.05) is 26.0 Å². The molecule has 1 aromatic carbocycles. The van der Waals surface area contributed by atoms with Gasteiger partial charge in [0.2, 0.25) is 10.0 Å². The van der Waals surface area contributed by atoms with Crippen molar-refractivity contribution in [3.8, 4) is 6.07 Å². The minimum Gasteiger partial charge on any atom is -0.480 e. The summed E-state index contributed by atoms with van der Waals surface area (Å²) in [6, 6.07) is 7.00. The quantitative estimate of drug-likeness (QED) is 0.793. The van der Waals surface area contributed by atoms with Crippen LogP contribution in [0.4, 0.5) is 0 Å². The summed E-state index contributed by atoms with van der Waals surface area (Å²) in [5.41, 5.74) is 0.801. The van der Waals surface area contributed by atoms with E-state index in [1.165, 1.54) is 6.07 Å². The highest BCUT2D eigenvalue weighted by Gasteiger charge is 2.25. The van der Waals surface area contributed by atoms with Crippen LogP contribution in [0.5, 0.6) is 0 Å². The number of benzene rings is 1. The number of aliphatic carboxylic acids is 1. The van der Waals surface area contributed by atoms with E-state index >= 15 is 0 Å². The number of rotatable bonds is 7. The van der Waals surface area contributed by atoms with Gasteiger partial charge in [-0.25, -0.2) is 13.1 Å². The Hall–Kier alpha value is -1.91. The first-order chi connectivity index (χ1) is 9.73. The molecule has 0 aliphatic carbocycles. The molecule has 0 saturated heterocycles. The maximum absolute atomic E-state index is 12.0. The number of hydrogen-bond donors (Lipinski definition) is 2. The summed E-state index contributed by atoms with van der Waals surface area (Å²) >= 11 is 0. The number of hydrogen-bond acceptors (Lipinski definition) is 4. The molecule has 0 bridgehead atoms. The number of carboxylic acid groups (broad SMARTS) is 1. The highest BCUT2D eigenvalue weighted by molar-refractivity contribution is 7.88. The van der Waals surface area contributed by atoms with Gasteiger partial charge in [-0.3, -0.25) is 4.79 Å². The third-order valence-corrected chi connectivity index (χ3v) is 4.10. The Labute approximate surface area is 124 Å². The monoisotopic (exact) mass is 310 g/mol. The van der Waals surface area contributed by atoms with Gasteiger partial charge in [0.15, 0.2) is 0 Å². The lowest BCUT2D eigenvalue weighted by Crippen LogP contribution is -2.42. The zero-order chi connectivity index (χ0) is 16.0. The topological polar surface area (TPSA) is 107 Å². The average molecular weight is 310 g/mol. The summed E-state index contributed by atoms with van der Waals surface area (Å²) < 4.78 is 26.3. The van der Waals surface area contributed by atoms with Crippen LogP contribution >= 0.6 is 0 Å². The van der Waals surface area contributed by atoms with Crippen molar-refractivity contribution in [3.63, 3.8) is 0 Å². The van der Waals surface area contributed by atoms with Gasteiger partial charge in [-0.15, -0.1) is 0 Å². The first kappa shape index (κ1) is 17.1. The second-order valence-electron chi connectivity index (χ2n) is 5.21. The van der Waals surface area contributed by atoms with Crippen LogP contribution < -0.4 is 4.72 Å². The molecule has 1 rings (SSSR count). The largest absolute Gasteiger partial charge is 0.480 e. The Morgan fingerprint density at radius 3 is 2.62 bits per heavy atom. The third-order valence-electron chi connectivity index (χ3n) is 2.74. The van der Waals surface area contributed by atoms with Gasteiger partial charge < -0.3 is 5.11 Å². The minimum absolute atomic E-state index is 0.0516. The zero-order valence-electron chi connectivity index (χ0n) is 11.9. The van der Waals surface area contributed by atoms with Crippen LogP contribution in [0.2, 0.25) is 0 Å². The van der Waals surface area contributed by atoms with E-state index in [2.05, 4.69) is 4.72 Å². The molecule has 0 radical (unpaired) electrons. The van der Waals surface area contributed by atoms with E-state index in [1.54, 1.807) is 18.2 Å². The molecule has 7 heteroatoms. The highest BCUT2D eigenvalue weighted by atomic mass is 32.2. The zero-order valence-corrected chi connectivity index (χ0v) is 12.7. The summed E-state index contributed by atoms with van der Waals surface area (Å²) in [7, 11) is -3.79. The SMILES string of the molecule is CC(C)C[C@@H](NS(=O)(=O)Cc1cccc(C#N)c1)C(=O)O. The molecular formula is C14H18N2O4S. The van der Waals surface area contributed by atoms with E-state index in [4.69, 9.17) is 10.4 Å². The van der Waals surface area contributed by atoms with Crippen molar-refractivity contribution < 1.29 is 18.3 Å². The van der Waals surface area contributed by atoms with Crippen LogP contribution in [-0.4, -0.2) is 25.5 Å². The first-order valence-electron chi connectivity index (χ1n) is 6.45. The molecule has 21 heavy (non-hydrogen) atoms. The lowest BCUT2D eigenvalue weighted by Gasteiger charge is -2.16. The molecule has 0 aliphatic heterocycles. The van der Waals surface area contributed by atoms with Crippen molar-refractivity contribution in [1.29, 1.82) is 5.26 Å². The van der Waals surface area contributed by atoms with E-state index in [-0.39, 0.29) is 18.1 Å². The first-order valence-corrected chi connectivity index (χ1v) is 8.10. The molecule has 1 aromatic rings. The summed E-state index contributed by atoms with van der Waals surface area (Å²) in [6.45, 7) is 3.64. The lowest BCUT2D eigenvalue weighted by atomic mass is 10.1. The van der Waals surface area contributed by atoms with Crippen LogP contribution in [0.3, 0.4) is 0 Å². The Bertz CT molecular complexity index is 647. The minimum atomic E-state index is -3.79. The van der Waals surface area contributed by atoms with Crippen molar-refractivity contribution in [2.75, 3.05) is 0 Å². The number of sulfonamides is 1. The molecule has 0 aromatic heterocycles. The second kappa shape index (κ2) is 7.20. The van der Waals surface area contributed by atoms with Gasteiger partial charge in [0.1, 0.15) is 6.04 Å². The smallest absolute Gasteiger partial charge is 0.321 e. The molecule has 0 saturated carbocycles. The van der Waals surface area contributed by atoms with Crippen LogP contribution in [0.25, 0.3) is 0 Å². The molecule has 1 atom stereocenters. The van der Waals surface area contributed by atoms with Gasteiger partial charge in [-0.05, 0) is 30.0 Å². The molecule has 114 valence electrons. The Morgan fingerprint density at radius 2 is 2.10 bits per heavy atom. The van der Waals surface area contributed by atoms with Crippen molar-refractivity contribution in [2.24, 2.45) is 5.92 Å². The Kier molecular flexibility index (Phi) is 5.88. The predicted octanol–water partition coefficient (Wildman–Crippen LogP) is 1.48. The van der Waals surface area contributed by atoms with Crippen molar-refractivity contribution in [2.45, 2.75) is 32.1 Å². The van der Waals surface area contributed by atoms with Crippen molar-refractivity contribution in [1.82, 2.24) is 4.72 Å². The molecule has 0 fully saturated rings. The number of nitrogens with zero attached hydrogens (tertiary/aromatic N) is 1. The number of carboxylic acids is 1. The fraction of sp³-hybridized carbons (Fsp3) is 0.429. The summed E-state index contributed by atoms with van der Waals surface area (Å²) in [5.74, 6) is -1.50. The van der Waals surface area contributed by atoms with E-state index in [9.17, 15) is 13.2 Å². The average Bonchev–Trinajstić information content (AvgIpc) is 2.36. The number of nitriles is 1. The molecule has 0 unspecified atom stereocenters. The van der Waals surface area contributed by atoms with Gasteiger partial charge >= 0.3 is 5.97 Å². The summed E-state index contributed by atoms with van der Waals surface area (Å²) in [5, 5.41) is 17.8. The molecule has 0 amide bonds. The van der Waals surface area contributed by atoms with Crippen molar-refractivity contribution >= 4 is 16.0 Å². The normalized spacial score (nSPS) is 12.9. The Balaban J connectivity index is 2.85. The third kappa shape index (κ3) is 5.94. The van der Waals surface area contributed by atoms with Gasteiger partial charge in [0.05, 0.1) is 17.4 Å². The molecule has 0 heterocycles. The van der Waals surface area contributed by atoms with E-state index in [1.807, 2.05) is 19.9 Å². The van der Waals surface area contributed by atoms with Gasteiger partial charge in [0.25, 0.3) is 0 Å². The molecule has 0 aliphatic rings. The maximum atomic E-state index is 12.0. The molecule has 2 N–H and O–H groups in total. The summed E-state index contributed by atoms with van der Waals surface area (Å²) in [4.78, 5) is 11.1. The molecule has 0 spiro atoms. The standard InChI is InChI=1S/C14H18N2O4S/c1-10(2)6-13(14(17)18)16-21(19,20)9-12-5-3-4-11(7-12)8-15/h3-5,7,10,13,16H,6,9H2,1-2H3,(H,17,18)/t13-/m1/s1. The van der Waals surface area contributed by atoms with Crippen LogP contribution in [0.15, 0.2) is 24.3 Å². The van der Waals surface area contributed by atoms with E-state index in [0.717, 1.165) is 0 Å². The maximum Gasteiger partial charge on any atom is 0.321 e. The second-order valence-corrected chi connectivity index (χ2v) is 6.96. The van der Waals surface area contributed by atoms with Crippen LogP contribution in [0.1, 0.15) is 31.4 Å². The van der Waals surface area contributed by atoms with E-state index < -0.39 is 22.0 Å². The molecule has 6 nitrogen and oxygen atoms in total. The summed E-state index contributed by atoms with van der Waals surface area (Å²) in [6.07, 6.45) is 0.215. The van der Waals surface area contributed by atoms with Crippen LogP contribution in [0, 0.1) is 17.2 Å². The van der Waals surface area contributed by atoms with Crippen LogP contribution in [-0.2, 0) is 20.6 Å². The van der Waals surface area contributed by atoms with Gasteiger partial charge in [-0.2, -0.15) is 5.26 Å². The number of nitrogens with one attached hydrogen (secondary N) is 1.